The molecule has 1 saturated carbocycles. The summed E-state index contributed by atoms with van der Waals surface area (Å²) in [4.78, 5) is 27.4. The summed E-state index contributed by atoms with van der Waals surface area (Å²) in [5, 5.41) is 9.31. The van der Waals surface area contributed by atoms with Crippen LogP contribution in [0.5, 0.6) is 0 Å². The van der Waals surface area contributed by atoms with Gasteiger partial charge < -0.3 is 14.9 Å². The van der Waals surface area contributed by atoms with E-state index in [9.17, 15) is 14.7 Å². The number of hydrogen-bond acceptors (Lipinski definition) is 2. The number of nitrogens with zero attached hydrogens (tertiary/aromatic N) is 2. The van der Waals surface area contributed by atoms with E-state index < -0.39 is 12.0 Å². The molecule has 5 nitrogen and oxygen atoms in total. The molecule has 0 aromatic carbocycles. The van der Waals surface area contributed by atoms with Crippen molar-refractivity contribution in [2.24, 2.45) is 5.41 Å². The Bertz CT molecular complexity index is 398. The van der Waals surface area contributed by atoms with E-state index in [1.54, 1.807) is 9.80 Å². The van der Waals surface area contributed by atoms with Crippen LogP contribution < -0.4 is 0 Å². The molecular weight excluding hydrogens is 268 g/mol. The van der Waals surface area contributed by atoms with Gasteiger partial charge in [-0.25, -0.2) is 9.59 Å². The summed E-state index contributed by atoms with van der Waals surface area (Å²) in [5.74, 6) is -0.874. The number of aliphatic carboxylic acids is 1. The van der Waals surface area contributed by atoms with Crippen molar-refractivity contribution in [3.63, 3.8) is 0 Å². The molecule has 1 atom stereocenters. The fourth-order valence-electron chi connectivity index (χ4n) is 3.55. The lowest BCUT2D eigenvalue weighted by molar-refractivity contribution is -0.143. The first-order valence-corrected chi connectivity index (χ1v) is 8.08. The van der Waals surface area contributed by atoms with Crippen molar-refractivity contribution in [2.45, 2.75) is 70.9 Å². The average Bonchev–Trinajstić information content (AvgIpc) is 2.45. The Hall–Kier alpha value is -1.26. The van der Waals surface area contributed by atoms with E-state index in [1.807, 2.05) is 7.05 Å². The molecule has 5 heteroatoms. The molecule has 1 N–H and O–H groups in total. The number of hydrogen-bond donors (Lipinski definition) is 1. The number of urea groups is 1. The van der Waals surface area contributed by atoms with Gasteiger partial charge in [0.2, 0.25) is 0 Å². The monoisotopic (exact) mass is 296 g/mol. The van der Waals surface area contributed by atoms with Crippen LogP contribution in [-0.4, -0.2) is 52.6 Å². The minimum atomic E-state index is -0.874. The zero-order valence-corrected chi connectivity index (χ0v) is 13.5. The second-order valence-corrected chi connectivity index (χ2v) is 7.33. The molecule has 2 fully saturated rings. The third-order valence-corrected chi connectivity index (χ3v) is 5.19. The molecule has 0 bridgehead atoms. The predicted molar refractivity (Wildman–Crippen MR) is 81.2 cm³/mol. The molecule has 2 amide bonds. The van der Waals surface area contributed by atoms with Crippen LogP contribution in [0.4, 0.5) is 4.79 Å². The van der Waals surface area contributed by atoms with Crippen LogP contribution in [-0.2, 0) is 4.79 Å². The van der Waals surface area contributed by atoms with E-state index in [0.717, 1.165) is 38.5 Å². The molecule has 2 aliphatic rings. The summed E-state index contributed by atoms with van der Waals surface area (Å²) in [6.07, 6.45) is 6.65. The Kier molecular flexibility index (Phi) is 4.79. The van der Waals surface area contributed by atoms with Crippen molar-refractivity contribution < 1.29 is 14.7 Å². The Morgan fingerprint density at radius 3 is 2.33 bits per heavy atom. The second-order valence-electron chi connectivity index (χ2n) is 7.33. The second kappa shape index (κ2) is 6.24. The molecule has 21 heavy (non-hydrogen) atoms. The maximum Gasteiger partial charge on any atom is 0.326 e. The van der Waals surface area contributed by atoms with Crippen LogP contribution in [0.1, 0.15) is 58.8 Å². The highest BCUT2D eigenvalue weighted by molar-refractivity contribution is 5.83. The summed E-state index contributed by atoms with van der Waals surface area (Å²) in [6, 6.07) is -0.498. The van der Waals surface area contributed by atoms with Crippen molar-refractivity contribution in [3.8, 4) is 0 Å². The molecule has 1 aliphatic heterocycles. The third-order valence-electron chi connectivity index (χ3n) is 5.19. The molecule has 0 spiro atoms. The predicted octanol–water partition coefficient (Wildman–Crippen LogP) is 2.95. The highest BCUT2D eigenvalue weighted by Gasteiger charge is 2.37. The Morgan fingerprint density at radius 1 is 1.14 bits per heavy atom. The molecule has 1 aliphatic carbocycles. The molecule has 0 radical (unpaired) electrons. The van der Waals surface area contributed by atoms with Gasteiger partial charge in [0.15, 0.2) is 0 Å². The number of amides is 2. The SMILES string of the molecule is CN(C(=O)N1CCCCC1C(=O)O)C1CCC(C)(C)CC1. The van der Waals surface area contributed by atoms with Crippen molar-refractivity contribution in [1.82, 2.24) is 9.80 Å². The number of carboxylic acid groups (broad SMARTS) is 1. The Morgan fingerprint density at radius 2 is 1.76 bits per heavy atom. The van der Waals surface area contributed by atoms with Crippen LogP contribution >= 0.6 is 0 Å². The fourth-order valence-corrected chi connectivity index (χ4v) is 3.55. The molecule has 0 aromatic rings. The topological polar surface area (TPSA) is 60.9 Å². The van der Waals surface area contributed by atoms with E-state index in [1.165, 1.54) is 0 Å². The van der Waals surface area contributed by atoms with E-state index in [0.29, 0.717) is 18.4 Å². The molecule has 120 valence electrons. The first-order valence-electron chi connectivity index (χ1n) is 8.08. The lowest BCUT2D eigenvalue weighted by Crippen LogP contribution is -2.54. The van der Waals surface area contributed by atoms with Gasteiger partial charge in [-0.3, -0.25) is 0 Å². The maximum atomic E-state index is 12.7. The lowest BCUT2D eigenvalue weighted by atomic mass is 9.75. The molecule has 1 heterocycles. The Labute approximate surface area is 127 Å². The molecule has 1 saturated heterocycles. The minimum absolute atomic E-state index is 0.105. The van der Waals surface area contributed by atoms with Gasteiger partial charge in [-0.1, -0.05) is 13.8 Å². The van der Waals surface area contributed by atoms with Crippen LogP contribution in [0.3, 0.4) is 0 Å². The van der Waals surface area contributed by atoms with Gasteiger partial charge in [-0.2, -0.15) is 0 Å². The van der Waals surface area contributed by atoms with Crippen molar-refractivity contribution in [2.75, 3.05) is 13.6 Å². The lowest BCUT2D eigenvalue weighted by Gasteiger charge is -2.42. The Balaban J connectivity index is 1.99. The summed E-state index contributed by atoms with van der Waals surface area (Å²) in [7, 11) is 1.83. The van der Waals surface area contributed by atoms with Gasteiger partial charge in [0.25, 0.3) is 0 Å². The molecule has 2 rings (SSSR count). The fraction of sp³-hybridized carbons (Fsp3) is 0.875. The average molecular weight is 296 g/mol. The molecule has 0 aromatic heterocycles. The van der Waals surface area contributed by atoms with Crippen LogP contribution in [0.2, 0.25) is 0 Å². The van der Waals surface area contributed by atoms with Gasteiger partial charge in [-0.05, 0) is 50.4 Å². The number of carbonyl (C=O) groups excluding carboxylic acids is 1. The first-order chi connectivity index (χ1) is 9.82. The summed E-state index contributed by atoms with van der Waals surface area (Å²) < 4.78 is 0. The number of likely N-dealkylation sites (tertiary alicyclic amines) is 1. The van der Waals surface area contributed by atoms with Gasteiger partial charge in [0, 0.05) is 19.6 Å². The van der Waals surface area contributed by atoms with E-state index >= 15 is 0 Å². The van der Waals surface area contributed by atoms with E-state index in [2.05, 4.69) is 13.8 Å². The largest absolute Gasteiger partial charge is 0.480 e. The minimum Gasteiger partial charge on any atom is -0.480 e. The summed E-state index contributed by atoms with van der Waals surface area (Å²) in [5.41, 5.74) is 0.370. The number of rotatable bonds is 2. The van der Waals surface area contributed by atoms with Gasteiger partial charge >= 0.3 is 12.0 Å². The van der Waals surface area contributed by atoms with Gasteiger partial charge in [0.05, 0.1) is 0 Å². The highest BCUT2D eigenvalue weighted by Crippen LogP contribution is 2.37. The van der Waals surface area contributed by atoms with Gasteiger partial charge in [-0.15, -0.1) is 0 Å². The summed E-state index contributed by atoms with van der Waals surface area (Å²) in [6.45, 7) is 5.12. The third kappa shape index (κ3) is 3.69. The zero-order chi connectivity index (χ0) is 15.6. The van der Waals surface area contributed by atoms with Crippen LogP contribution in [0.25, 0.3) is 0 Å². The number of carbonyl (C=O) groups is 2. The van der Waals surface area contributed by atoms with E-state index in [-0.39, 0.29) is 12.1 Å². The number of piperidine rings is 1. The van der Waals surface area contributed by atoms with Crippen LogP contribution in [0, 0.1) is 5.41 Å². The highest BCUT2D eigenvalue weighted by atomic mass is 16.4. The van der Waals surface area contributed by atoms with Crippen molar-refractivity contribution in [1.29, 1.82) is 0 Å². The normalized spacial score (nSPS) is 26.4. The zero-order valence-electron chi connectivity index (χ0n) is 13.5. The molecular formula is C16H28N2O3. The molecule has 1 unspecified atom stereocenters. The standard InChI is InChI=1S/C16H28N2O3/c1-16(2)9-7-12(8-10-16)17(3)15(21)18-11-5-4-6-13(18)14(19)20/h12-13H,4-11H2,1-3H3,(H,19,20). The first kappa shape index (κ1) is 16.1. The van der Waals surface area contributed by atoms with E-state index in [4.69, 9.17) is 0 Å². The van der Waals surface area contributed by atoms with Crippen molar-refractivity contribution in [3.05, 3.63) is 0 Å². The van der Waals surface area contributed by atoms with Crippen LogP contribution in [0.15, 0.2) is 0 Å². The maximum absolute atomic E-state index is 12.7. The van der Waals surface area contributed by atoms with Crippen molar-refractivity contribution >= 4 is 12.0 Å². The summed E-state index contributed by atoms with van der Waals surface area (Å²) >= 11 is 0. The number of carboxylic acids is 1. The quantitative estimate of drug-likeness (QED) is 0.852. The van der Waals surface area contributed by atoms with Gasteiger partial charge in [0.1, 0.15) is 6.04 Å². The smallest absolute Gasteiger partial charge is 0.326 e.